The van der Waals surface area contributed by atoms with Crippen LogP contribution in [0.3, 0.4) is 0 Å². The minimum absolute atomic E-state index is 0.0120. The number of aryl methyl sites for hydroxylation is 1. The zero-order valence-corrected chi connectivity index (χ0v) is 16.5. The second kappa shape index (κ2) is 7.69. The molecule has 4 aromatic rings. The van der Waals surface area contributed by atoms with Gasteiger partial charge in [-0.15, -0.1) is 0 Å². The first-order chi connectivity index (χ1) is 15.5. The normalized spacial score (nSPS) is 12.5. The Morgan fingerprint density at radius 1 is 1.18 bits per heavy atom. The summed E-state index contributed by atoms with van der Waals surface area (Å²) < 4.78 is 66.6. The summed E-state index contributed by atoms with van der Waals surface area (Å²) in [5.41, 5.74) is 6.15. The van der Waals surface area contributed by atoms with Crippen molar-refractivity contribution in [1.82, 2.24) is 15.2 Å². The molecule has 0 fully saturated rings. The number of aromatic amines is 1. The Hall–Kier alpha value is -4.29. The number of nitrogens with zero attached hydrogens (tertiary/aromatic N) is 3. The largest absolute Gasteiger partial charge is 0.505 e. The van der Waals surface area contributed by atoms with Crippen LogP contribution in [0.4, 0.5) is 22.0 Å². The summed E-state index contributed by atoms with van der Waals surface area (Å²) in [5, 5.41) is 19.0. The van der Waals surface area contributed by atoms with Gasteiger partial charge >= 0.3 is 12.1 Å². The van der Waals surface area contributed by atoms with E-state index in [0.29, 0.717) is 11.8 Å². The van der Waals surface area contributed by atoms with Crippen molar-refractivity contribution in [1.29, 1.82) is 0 Å². The number of phenols is 1. The molecule has 0 saturated carbocycles. The van der Waals surface area contributed by atoms with Crippen LogP contribution in [0, 0.1) is 18.6 Å². The number of aromatic hydroxyl groups is 1. The molecule has 0 radical (unpaired) electrons. The highest BCUT2D eigenvalue weighted by Gasteiger charge is 2.41. The van der Waals surface area contributed by atoms with Gasteiger partial charge in [-0.1, -0.05) is 23.4 Å². The highest BCUT2D eigenvalue weighted by atomic mass is 19.4. The van der Waals surface area contributed by atoms with Crippen LogP contribution in [-0.2, 0) is 9.63 Å². The van der Waals surface area contributed by atoms with Gasteiger partial charge < -0.3 is 15.7 Å². The van der Waals surface area contributed by atoms with Crippen LogP contribution >= 0.6 is 0 Å². The van der Waals surface area contributed by atoms with E-state index in [1.807, 2.05) is 0 Å². The molecule has 13 heteroatoms. The van der Waals surface area contributed by atoms with E-state index < -0.39 is 35.4 Å². The van der Waals surface area contributed by atoms with Gasteiger partial charge in [0.1, 0.15) is 5.82 Å². The van der Waals surface area contributed by atoms with Crippen LogP contribution in [0.1, 0.15) is 11.3 Å². The summed E-state index contributed by atoms with van der Waals surface area (Å²) >= 11 is 0. The van der Waals surface area contributed by atoms with E-state index in [-0.39, 0.29) is 38.6 Å². The Kier molecular flexibility index (Phi) is 5.11. The van der Waals surface area contributed by atoms with Crippen molar-refractivity contribution >= 4 is 33.6 Å². The minimum atomic E-state index is -5.26. The SMILES string of the molecule is Cc1n[nH]c2nc(-c3cccc(C(N)=NOC(=O)C(F)(F)F)c3)c3c(F)cc(O)c(F)c3c12. The average molecular weight is 465 g/mol. The fraction of sp³-hybridized carbons (Fsp3) is 0.100. The third kappa shape index (κ3) is 3.77. The van der Waals surface area contributed by atoms with Crippen LogP contribution in [0.5, 0.6) is 5.75 Å². The molecule has 0 aliphatic heterocycles. The molecule has 0 spiro atoms. The fourth-order valence-corrected chi connectivity index (χ4v) is 3.28. The number of benzene rings is 2. The molecule has 2 heterocycles. The maximum atomic E-state index is 14.9. The van der Waals surface area contributed by atoms with Crippen molar-refractivity contribution in [3.8, 4) is 17.0 Å². The average Bonchev–Trinajstić information content (AvgIpc) is 3.14. The Balaban J connectivity index is 1.90. The molecule has 8 nitrogen and oxygen atoms in total. The molecule has 0 bridgehead atoms. The van der Waals surface area contributed by atoms with Gasteiger partial charge in [0, 0.05) is 28.0 Å². The number of H-pyrrole nitrogens is 1. The Morgan fingerprint density at radius 2 is 1.91 bits per heavy atom. The number of hydrogen-bond donors (Lipinski definition) is 3. The number of amidine groups is 1. The Morgan fingerprint density at radius 3 is 2.61 bits per heavy atom. The number of rotatable bonds is 3. The van der Waals surface area contributed by atoms with E-state index in [4.69, 9.17) is 5.73 Å². The molecule has 0 atom stereocenters. The minimum Gasteiger partial charge on any atom is -0.505 e. The molecular weight excluding hydrogens is 453 g/mol. The predicted octanol–water partition coefficient (Wildman–Crippen LogP) is 3.80. The topological polar surface area (TPSA) is 126 Å². The molecular formula is C20H12F5N5O3. The molecule has 2 aromatic carbocycles. The summed E-state index contributed by atoms with van der Waals surface area (Å²) in [7, 11) is 0. The van der Waals surface area contributed by atoms with Crippen molar-refractivity contribution in [3.63, 3.8) is 0 Å². The number of nitrogens with two attached hydrogens (primary N) is 1. The zero-order chi connectivity index (χ0) is 24.1. The van der Waals surface area contributed by atoms with Gasteiger partial charge in [-0.05, 0) is 13.0 Å². The predicted molar refractivity (Wildman–Crippen MR) is 106 cm³/mol. The lowest BCUT2D eigenvalue weighted by Crippen LogP contribution is -2.25. The zero-order valence-electron chi connectivity index (χ0n) is 16.5. The van der Waals surface area contributed by atoms with Crippen molar-refractivity contribution in [2.45, 2.75) is 13.1 Å². The van der Waals surface area contributed by atoms with E-state index in [2.05, 4.69) is 25.2 Å². The lowest BCUT2D eigenvalue weighted by molar-refractivity contribution is -0.199. The molecule has 0 amide bonds. The first kappa shape index (κ1) is 21.9. The van der Waals surface area contributed by atoms with Crippen molar-refractivity contribution in [2.24, 2.45) is 10.9 Å². The highest BCUT2D eigenvalue weighted by Crippen LogP contribution is 2.39. The Labute approximate surface area is 180 Å². The number of pyridine rings is 1. The van der Waals surface area contributed by atoms with E-state index in [0.717, 1.165) is 0 Å². The van der Waals surface area contributed by atoms with Crippen molar-refractivity contribution in [2.75, 3.05) is 0 Å². The number of nitrogens with one attached hydrogen (secondary N) is 1. The molecule has 0 aliphatic rings. The maximum absolute atomic E-state index is 14.9. The number of alkyl halides is 3. The number of carbonyl (C=O) groups excluding carboxylic acids is 1. The summed E-state index contributed by atoms with van der Waals surface area (Å²) in [6, 6.07) is 6.08. The summed E-state index contributed by atoms with van der Waals surface area (Å²) in [6.45, 7) is 1.54. The first-order valence-electron chi connectivity index (χ1n) is 9.06. The number of halogens is 5. The lowest BCUT2D eigenvalue weighted by atomic mass is 9.98. The molecule has 0 aliphatic carbocycles. The third-order valence-corrected chi connectivity index (χ3v) is 4.73. The third-order valence-electron chi connectivity index (χ3n) is 4.73. The highest BCUT2D eigenvalue weighted by molar-refractivity contribution is 6.12. The van der Waals surface area contributed by atoms with Gasteiger partial charge in [0.15, 0.2) is 23.0 Å². The molecule has 0 unspecified atom stereocenters. The molecule has 0 saturated heterocycles. The second-order valence-electron chi connectivity index (χ2n) is 6.87. The van der Waals surface area contributed by atoms with Crippen molar-refractivity contribution in [3.05, 3.63) is 53.2 Å². The standard InChI is InChI=1S/C20H12F5N5O3/c1-7-12-14-13(10(21)6-11(31)15(14)22)16(27-18(12)29-28-7)8-3-2-4-9(5-8)17(26)30-33-19(32)20(23,24)25/h2-6,31H,1H3,(H2,26,30)(H,27,28,29). The van der Waals surface area contributed by atoms with Gasteiger partial charge in [0.2, 0.25) is 0 Å². The van der Waals surface area contributed by atoms with E-state index in [9.17, 15) is 31.9 Å². The lowest BCUT2D eigenvalue weighted by Gasteiger charge is -2.12. The van der Waals surface area contributed by atoms with Gasteiger partial charge in [-0.3, -0.25) is 5.10 Å². The van der Waals surface area contributed by atoms with Crippen LogP contribution < -0.4 is 5.73 Å². The Bertz CT molecular complexity index is 1460. The fourth-order valence-electron chi connectivity index (χ4n) is 3.28. The monoisotopic (exact) mass is 465 g/mol. The summed E-state index contributed by atoms with van der Waals surface area (Å²) in [4.78, 5) is 18.9. The number of oxime groups is 1. The second-order valence-corrected chi connectivity index (χ2v) is 6.87. The van der Waals surface area contributed by atoms with E-state index >= 15 is 0 Å². The number of aromatic nitrogens is 3. The summed E-state index contributed by atoms with van der Waals surface area (Å²) in [5.74, 6) is -6.11. The molecule has 33 heavy (non-hydrogen) atoms. The number of carbonyl (C=O) groups is 1. The van der Waals surface area contributed by atoms with Crippen molar-refractivity contribution < 1.29 is 36.7 Å². The molecule has 4 rings (SSSR count). The van der Waals surface area contributed by atoms with Gasteiger partial charge in [0.05, 0.1) is 16.8 Å². The van der Waals surface area contributed by atoms with Gasteiger partial charge in [-0.25, -0.2) is 18.6 Å². The molecule has 2 aromatic heterocycles. The van der Waals surface area contributed by atoms with Gasteiger partial charge in [0.25, 0.3) is 0 Å². The number of fused-ring (bicyclic) bond motifs is 3. The quantitative estimate of drug-likeness (QED) is 0.139. The van der Waals surface area contributed by atoms with E-state index in [1.165, 1.54) is 24.3 Å². The smallest absolute Gasteiger partial charge is 0.493 e. The maximum Gasteiger partial charge on any atom is 0.493 e. The van der Waals surface area contributed by atoms with E-state index in [1.54, 1.807) is 6.92 Å². The number of hydrogen-bond acceptors (Lipinski definition) is 6. The summed E-state index contributed by atoms with van der Waals surface area (Å²) in [6.07, 6.45) is -5.26. The number of phenolic OH excluding ortho intramolecular Hbond substituents is 1. The molecule has 170 valence electrons. The van der Waals surface area contributed by atoms with Crippen LogP contribution in [0.15, 0.2) is 35.5 Å². The van der Waals surface area contributed by atoms with Crippen LogP contribution in [0.25, 0.3) is 33.1 Å². The molecule has 4 N–H and O–H groups in total. The van der Waals surface area contributed by atoms with Gasteiger partial charge in [-0.2, -0.15) is 18.3 Å². The van der Waals surface area contributed by atoms with Crippen LogP contribution in [0.2, 0.25) is 0 Å². The first-order valence-corrected chi connectivity index (χ1v) is 9.06. The van der Waals surface area contributed by atoms with Crippen LogP contribution in [-0.4, -0.2) is 38.3 Å².